The highest BCUT2D eigenvalue weighted by Crippen LogP contribution is 2.21. The van der Waals surface area contributed by atoms with Gasteiger partial charge in [-0.15, -0.1) is 0 Å². The largest absolute Gasteiger partial charge is 0.379 e. The van der Waals surface area contributed by atoms with E-state index >= 15 is 0 Å². The van der Waals surface area contributed by atoms with E-state index in [4.69, 9.17) is 4.74 Å². The average molecular weight is 424 g/mol. The number of hydrogen-bond donors (Lipinski definition) is 1. The van der Waals surface area contributed by atoms with Gasteiger partial charge in [0.1, 0.15) is 0 Å². The third-order valence-corrected chi connectivity index (χ3v) is 7.51. The zero-order chi connectivity index (χ0) is 20.5. The minimum Gasteiger partial charge on any atom is -0.379 e. The molecule has 0 bridgehead atoms. The fourth-order valence-electron chi connectivity index (χ4n) is 3.76. The van der Waals surface area contributed by atoms with Crippen molar-refractivity contribution in [2.45, 2.75) is 43.4 Å². The predicted molar refractivity (Wildman–Crippen MR) is 112 cm³/mol. The summed E-state index contributed by atoms with van der Waals surface area (Å²) in [5.74, 6) is 0.0464. The molecule has 8 heteroatoms. The third-order valence-electron chi connectivity index (χ3n) is 5.59. The Morgan fingerprint density at radius 3 is 2.38 bits per heavy atom. The molecule has 0 radical (unpaired) electrons. The van der Waals surface area contributed by atoms with Gasteiger partial charge in [-0.3, -0.25) is 9.69 Å². The topological polar surface area (TPSA) is 79.0 Å². The molecule has 2 aliphatic heterocycles. The van der Waals surface area contributed by atoms with Crippen molar-refractivity contribution >= 4 is 15.9 Å². The zero-order valence-electron chi connectivity index (χ0n) is 17.1. The summed E-state index contributed by atoms with van der Waals surface area (Å²) in [4.78, 5) is 14.8. The fourth-order valence-corrected chi connectivity index (χ4v) is 5.28. The molecule has 2 saturated heterocycles. The summed E-state index contributed by atoms with van der Waals surface area (Å²) in [7, 11) is -3.37. The second-order valence-electron chi connectivity index (χ2n) is 7.77. The minimum absolute atomic E-state index is 0.0464. The van der Waals surface area contributed by atoms with Gasteiger partial charge in [0.05, 0.1) is 18.1 Å². The fraction of sp³-hybridized carbons (Fsp3) is 0.667. The van der Waals surface area contributed by atoms with Crippen LogP contribution in [0.2, 0.25) is 0 Å². The standard InChI is InChI=1S/C21H33N3O4S/c25-21(22-11-1-2-12-23-15-17-28-18-16-23)10-7-19-5-8-20(9-6-19)29(26,27)24-13-3-4-14-24/h5-6,8-9H,1-4,7,10-18H2,(H,22,25). The van der Waals surface area contributed by atoms with E-state index in [9.17, 15) is 13.2 Å². The number of amides is 1. The molecular weight excluding hydrogens is 390 g/mol. The van der Waals surface area contributed by atoms with E-state index in [1.54, 1.807) is 16.4 Å². The van der Waals surface area contributed by atoms with Crippen molar-refractivity contribution in [3.63, 3.8) is 0 Å². The van der Waals surface area contributed by atoms with Crippen molar-refractivity contribution in [3.05, 3.63) is 29.8 Å². The van der Waals surface area contributed by atoms with Crippen LogP contribution < -0.4 is 5.32 Å². The maximum Gasteiger partial charge on any atom is 0.243 e. The van der Waals surface area contributed by atoms with E-state index in [1.165, 1.54) is 0 Å². The number of unbranched alkanes of at least 4 members (excludes halogenated alkanes) is 1. The Kier molecular flexibility index (Phi) is 8.47. The highest BCUT2D eigenvalue weighted by molar-refractivity contribution is 7.89. The Morgan fingerprint density at radius 1 is 1.00 bits per heavy atom. The van der Waals surface area contributed by atoms with Gasteiger partial charge in [-0.25, -0.2) is 8.42 Å². The molecule has 1 aromatic rings. The van der Waals surface area contributed by atoms with Crippen LogP contribution in [0.25, 0.3) is 0 Å². The molecule has 1 amide bonds. The van der Waals surface area contributed by atoms with E-state index in [0.29, 0.717) is 37.4 Å². The number of benzene rings is 1. The molecule has 0 aromatic heterocycles. The Bertz CT molecular complexity index is 740. The minimum atomic E-state index is -3.37. The molecule has 162 valence electrons. The van der Waals surface area contributed by atoms with Crippen molar-refractivity contribution in [3.8, 4) is 0 Å². The molecule has 2 fully saturated rings. The van der Waals surface area contributed by atoms with Gasteiger partial charge in [0.2, 0.25) is 15.9 Å². The SMILES string of the molecule is O=C(CCc1ccc(S(=O)(=O)N2CCCC2)cc1)NCCCCN1CCOCC1. The molecule has 7 nitrogen and oxygen atoms in total. The van der Waals surface area contributed by atoms with Crippen LogP contribution in [0.4, 0.5) is 0 Å². The smallest absolute Gasteiger partial charge is 0.243 e. The van der Waals surface area contributed by atoms with Crippen LogP contribution in [0.15, 0.2) is 29.2 Å². The molecular formula is C21H33N3O4S. The van der Waals surface area contributed by atoms with E-state index in [0.717, 1.165) is 64.1 Å². The summed E-state index contributed by atoms with van der Waals surface area (Å²) < 4.78 is 32.0. The lowest BCUT2D eigenvalue weighted by Crippen LogP contribution is -2.37. The lowest BCUT2D eigenvalue weighted by Gasteiger charge is -2.26. The second kappa shape index (κ2) is 11.1. The van der Waals surface area contributed by atoms with Crippen molar-refractivity contribution in [2.24, 2.45) is 0 Å². The molecule has 2 heterocycles. The first kappa shape index (κ1) is 22.2. The molecule has 1 N–H and O–H groups in total. The number of morpholine rings is 1. The molecule has 0 unspecified atom stereocenters. The number of hydrogen-bond acceptors (Lipinski definition) is 5. The average Bonchev–Trinajstić information content (AvgIpc) is 3.29. The number of carbonyl (C=O) groups excluding carboxylic acids is 1. The maximum atomic E-state index is 12.5. The lowest BCUT2D eigenvalue weighted by molar-refractivity contribution is -0.121. The summed E-state index contributed by atoms with van der Waals surface area (Å²) in [5.41, 5.74) is 0.979. The highest BCUT2D eigenvalue weighted by atomic mass is 32.2. The first-order valence-corrected chi connectivity index (χ1v) is 12.2. The second-order valence-corrected chi connectivity index (χ2v) is 9.70. The quantitative estimate of drug-likeness (QED) is 0.579. The van der Waals surface area contributed by atoms with Crippen LogP contribution in [0.5, 0.6) is 0 Å². The maximum absolute atomic E-state index is 12.5. The number of nitrogens with one attached hydrogen (secondary N) is 1. The molecule has 3 rings (SSSR count). The monoisotopic (exact) mass is 423 g/mol. The summed E-state index contributed by atoms with van der Waals surface area (Å²) in [6.45, 7) is 6.63. The Morgan fingerprint density at radius 2 is 1.69 bits per heavy atom. The van der Waals surface area contributed by atoms with E-state index in [1.807, 2.05) is 12.1 Å². The summed E-state index contributed by atoms with van der Waals surface area (Å²) >= 11 is 0. The normalized spacial score (nSPS) is 18.8. The number of aryl methyl sites for hydroxylation is 1. The predicted octanol–water partition coefficient (Wildman–Crippen LogP) is 1.63. The molecule has 0 atom stereocenters. The van der Waals surface area contributed by atoms with E-state index < -0.39 is 10.0 Å². The molecule has 29 heavy (non-hydrogen) atoms. The first-order valence-electron chi connectivity index (χ1n) is 10.7. The van der Waals surface area contributed by atoms with E-state index in [2.05, 4.69) is 10.2 Å². The van der Waals surface area contributed by atoms with Gasteiger partial charge in [-0.05, 0) is 56.3 Å². The highest BCUT2D eigenvalue weighted by Gasteiger charge is 2.26. The van der Waals surface area contributed by atoms with Crippen LogP contribution in [0.1, 0.15) is 37.7 Å². The van der Waals surface area contributed by atoms with Gasteiger partial charge in [-0.1, -0.05) is 12.1 Å². The van der Waals surface area contributed by atoms with Gasteiger partial charge < -0.3 is 10.1 Å². The molecule has 2 aliphatic rings. The van der Waals surface area contributed by atoms with Crippen LogP contribution in [0, 0.1) is 0 Å². The van der Waals surface area contributed by atoms with E-state index in [-0.39, 0.29) is 5.91 Å². The van der Waals surface area contributed by atoms with Crippen molar-refractivity contribution in [1.82, 2.24) is 14.5 Å². The Hall–Kier alpha value is -1.48. The summed E-state index contributed by atoms with van der Waals surface area (Å²) in [6, 6.07) is 6.95. The Labute approximate surface area is 174 Å². The Balaban J connectivity index is 1.32. The number of ether oxygens (including phenoxy) is 1. The van der Waals surface area contributed by atoms with Crippen LogP contribution >= 0.6 is 0 Å². The van der Waals surface area contributed by atoms with Crippen LogP contribution in [-0.4, -0.2) is 76.0 Å². The zero-order valence-corrected chi connectivity index (χ0v) is 18.0. The molecule has 1 aromatic carbocycles. The van der Waals surface area contributed by atoms with Gasteiger partial charge in [0.25, 0.3) is 0 Å². The number of nitrogens with zero attached hydrogens (tertiary/aromatic N) is 2. The van der Waals surface area contributed by atoms with Crippen LogP contribution in [0.3, 0.4) is 0 Å². The van der Waals surface area contributed by atoms with Gasteiger partial charge in [0.15, 0.2) is 0 Å². The summed E-state index contributed by atoms with van der Waals surface area (Å²) in [5, 5.41) is 2.98. The lowest BCUT2D eigenvalue weighted by atomic mass is 10.1. The van der Waals surface area contributed by atoms with Gasteiger partial charge in [-0.2, -0.15) is 4.31 Å². The molecule has 0 spiro atoms. The molecule has 0 aliphatic carbocycles. The summed E-state index contributed by atoms with van der Waals surface area (Å²) in [6.07, 6.45) is 4.95. The van der Waals surface area contributed by atoms with Crippen molar-refractivity contribution < 1.29 is 17.9 Å². The number of carbonyl (C=O) groups is 1. The van der Waals surface area contributed by atoms with Crippen LogP contribution in [-0.2, 0) is 26.0 Å². The van der Waals surface area contributed by atoms with Gasteiger partial charge in [0, 0.05) is 39.1 Å². The number of sulfonamides is 1. The number of rotatable bonds is 10. The van der Waals surface area contributed by atoms with Crippen molar-refractivity contribution in [2.75, 3.05) is 52.5 Å². The first-order chi connectivity index (χ1) is 14.1. The van der Waals surface area contributed by atoms with Crippen molar-refractivity contribution in [1.29, 1.82) is 0 Å². The van der Waals surface area contributed by atoms with Gasteiger partial charge >= 0.3 is 0 Å². The third kappa shape index (κ3) is 6.77. The molecule has 0 saturated carbocycles.